The third kappa shape index (κ3) is 4.52. The van der Waals surface area contributed by atoms with Crippen LogP contribution in [0.5, 0.6) is 23.0 Å². The molecule has 0 radical (unpaired) electrons. The molecule has 2 aliphatic rings. The molecule has 2 aliphatic heterocycles. The van der Waals surface area contributed by atoms with Gasteiger partial charge in [0.15, 0.2) is 16.6 Å². The van der Waals surface area contributed by atoms with E-state index < -0.39 is 0 Å². The number of ether oxygens (including phenoxy) is 4. The summed E-state index contributed by atoms with van der Waals surface area (Å²) < 4.78 is 22.3. The van der Waals surface area contributed by atoms with Gasteiger partial charge in [-0.15, -0.1) is 0 Å². The van der Waals surface area contributed by atoms with Crippen molar-refractivity contribution in [2.24, 2.45) is 0 Å². The second-order valence-electron chi connectivity index (χ2n) is 7.99. The zero-order valence-corrected chi connectivity index (χ0v) is 20.2. The molecule has 1 amide bonds. The summed E-state index contributed by atoms with van der Waals surface area (Å²) in [4.78, 5) is 14.8. The van der Waals surface area contributed by atoms with Gasteiger partial charge in [-0.2, -0.15) is 0 Å². The van der Waals surface area contributed by atoms with Crippen LogP contribution in [-0.4, -0.2) is 24.9 Å². The summed E-state index contributed by atoms with van der Waals surface area (Å²) in [5.74, 6) is 2.51. The number of hydrogen-bond acceptors (Lipinski definition) is 6. The van der Waals surface area contributed by atoms with Crippen LogP contribution < -0.4 is 29.2 Å². The van der Waals surface area contributed by atoms with Gasteiger partial charge in [-0.25, -0.2) is 0 Å². The molecule has 3 aromatic carbocycles. The molecule has 0 atom stereocenters. The first kappa shape index (κ1) is 22.7. The molecular formula is C27H24N2O5S. The summed E-state index contributed by atoms with van der Waals surface area (Å²) in [6.07, 6.45) is 2.58. The monoisotopic (exact) mass is 488 g/mol. The fourth-order valence-corrected chi connectivity index (χ4v) is 4.37. The molecule has 5 rings (SSSR count). The van der Waals surface area contributed by atoms with Crippen LogP contribution in [0, 0.1) is 0 Å². The van der Waals surface area contributed by atoms with E-state index in [4.69, 9.17) is 31.2 Å². The lowest BCUT2D eigenvalue weighted by molar-refractivity contribution is -0.113. The molecule has 0 spiro atoms. The quantitative estimate of drug-likeness (QED) is 0.377. The van der Waals surface area contributed by atoms with Crippen LogP contribution in [-0.2, 0) is 17.8 Å². The highest BCUT2D eigenvalue weighted by atomic mass is 32.1. The number of fused-ring (bicyclic) bond motifs is 1. The maximum atomic E-state index is 13.2. The van der Waals surface area contributed by atoms with Gasteiger partial charge in [0.1, 0.15) is 23.8 Å². The van der Waals surface area contributed by atoms with Gasteiger partial charge in [-0.05, 0) is 66.2 Å². The van der Waals surface area contributed by atoms with Gasteiger partial charge in [0, 0.05) is 11.6 Å². The molecule has 0 aliphatic carbocycles. The average Bonchev–Trinajstić information content (AvgIpc) is 3.46. The van der Waals surface area contributed by atoms with E-state index >= 15 is 0 Å². The molecule has 1 fully saturated rings. The number of para-hydroxylation sites is 1. The Morgan fingerprint density at radius 1 is 1.06 bits per heavy atom. The van der Waals surface area contributed by atoms with Crippen LogP contribution in [0.3, 0.4) is 0 Å². The summed E-state index contributed by atoms with van der Waals surface area (Å²) in [7, 11) is 1.61. The third-order valence-electron chi connectivity index (χ3n) is 5.85. The van der Waals surface area contributed by atoms with Crippen LogP contribution in [0.2, 0.25) is 0 Å². The summed E-state index contributed by atoms with van der Waals surface area (Å²) in [6.45, 7) is 2.54. The Hall–Kier alpha value is -4.04. The first-order chi connectivity index (χ1) is 17.1. The maximum absolute atomic E-state index is 13.2. The van der Waals surface area contributed by atoms with E-state index in [0.29, 0.717) is 33.8 Å². The number of thiocarbonyl (C=S) groups is 1. The van der Waals surface area contributed by atoms with Crippen LogP contribution in [0.15, 0.2) is 66.4 Å². The van der Waals surface area contributed by atoms with Crippen molar-refractivity contribution in [3.8, 4) is 23.0 Å². The molecular weight excluding hydrogens is 464 g/mol. The lowest BCUT2D eigenvalue weighted by atomic mass is 10.1. The minimum absolute atomic E-state index is 0.190. The molecule has 0 bridgehead atoms. The second kappa shape index (κ2) is 9.68. The van der Waals surface area contributed by atoms with Crippen molar-refractivity contribution < 1.29 is 23.7 Å². The molecule has 0 saturated carbocycles. The third-order valence-corrected chi connectivity index (χ3v) is 6.13. The van der Waals surface area contributed by atoms with Gasteiger partial charge in [-0.1, -0.05) is 31.2 Å². The Kier molecular flexibility index (Phi) is 6.29. The number of aryl methyl sites for hydroxylation is 1. The molecule has 1 saturated heterocycles. The summed E-state index contributed by atoms with van der Waals surface area (Å²) in [6, 6.07) is 18.9. The Morgan fingerprint density at radius 2 is 1.89 bits per heavy atom. The minimum Gasteiger partial charge on any atom is -0.496 e. The fraction of sp³-hybridized carbons (Fsp3) is 0.185. The van der Waals surface area contributed by atoms with E-state index in [1.165, 1.54) is 0 Å². The Bertz CT molecular complexity index is 1340. The van der Waals surface area contributed by atoms with Gasteiger partial charge in [0.05, 0.1) is 12.8 Å². The molecule has 8 heteroatoms. The molecule has 2 heterocycles. The fourth-order valence-electron chi connectivity index (χ4n) is 4.08. The molecule has 0 aromatic heterocycles. The van der Waals surface area contributed by atoms with Crippen LogP contribution >= 0.6 is 12.2 Å². The number of nitrogens with zero attached hydrogens (tertiary/aromatic N) is 1. The highest BCUT2D eigenvalue weighted by Gasteiger charge is 2.33. The zero-order chi connectivity index (χ0) is 24.4. The van der Waals surface area contributed by atoms with Crippen molar-refractivity contribution in [1.29, 1.82) is 0 Å². The van der Waals surface area contributed by atoms with E-state index in [1.807, 2.05) is 54.6 Å². The number of anilines is 1. The number of nitrogens with one attached hydrogen (secondary N) is 1. The number of amides is 1. The molecule has 1 N–H and O–H groups in total. The number of carbonyl (C=O) groups is 1. The molecule has 178 valence electrons. The maximum Gasteiger partial charge on any atom is 0.281 e. The summed E-state index contributed by atoms with van der Waals surface area (Å²) in [5.41, 5.74) is 3.92. The molecule has 3 aromatic rings. The molecule has 7 nitrogen and oxygen atoms in total. The predicted octanol–water partition coefficient (Wildman–Crippen LogP) is 4.83. The van der Waals surface area contributed by atoms with Crippen molar-refractivity contribution in [2.75, 3.05) is 18.8 Å². The standard InChI is InChI=1S/C27H24N2O5S/c1-3-18-6-4-5-7-22(18)29-26(30)21(28-27(29)35)13-17-8-10-23(31-2)19(12-17)15-32-20-9-11-24-25(14-20)34-16-33-24/h4-14H,3,15-16H2,1-2H3,(H,28,35)/b21-13+. The summed E-state index contributed by atoms with van der Waals surface area (Å²) >= 11 is 5.49. The topological polar surface area (TPSA) is 69.3 Å². The smallest absolute Gasteiger partial charge is 0.281 e. The predicted molar refractivity (Wildman–Crippen MR) is 137 cm³/mol. The van der Waals surface area contributed by atoms with Crippen LogP contribution in [0.1, 0.15) is 23.6 Å². The Morgan fingerprint density at radius 3 is 2.71 bits per heavy atom. The van der Waals surface area contributed by atoms with Gasteiger partial charge in [0.25, 0.3) is 5.91 Å². The SMILES string of the molecule is CCc1ccccc1N1C(=O)/C(=C\c2ccc(OC)c(COc3ccc4c(c3)OCO4)c2)NC1=S. The van der Waals surface area contributed by atoms with Gasteiger partial charge in [-0.3, -0.25) is 9.69 Å². The normalized spacial score (nSPS) is 15.5. The second-order valence-corrected chi connectivity index (χ2v) is 8.37. The van der Waals surface area contributed by atoms with Gasteiger partial charge >= 0.3 is 0 Å². The van der Waals surface area contributed by atoms with Crippen molar-refractivity contribution in [3.05, 3.63) is 83.1 Å². The van der Waals surface area contributed by atoms with E-state index in [1.54, 1.807) is 24.2 Å². The van der Waals surface area contributed by atoms with E-state index in [2.05, 4.69) is 12.2 Å². The number of carbonyl (C=O) groups excluding carboxylic acids is 1. The van der Waals surface area contributed by atoms with Crippen molar-refractivity contribution in [1.82, 2.24) is 5.32 Å². The lowest BCUT2D eigenvalue weighted by Gasteiger charge is -2.17. The molecule has 0 unspecified atom stereocenters. The van der Waals surface area contributed by atoms with Crippen LogP contribution in [0.4, 0.5) is 5.69 Å². The first-order valence-corrected chi connectivity index (χ1v) is 11.6. The number of methoxy groups -OCH3 is 1. The van der Waals surface area contributed by atoms with Crippen molar-refractivity contribution >= 4 is 35.0 Å². The Labute approximate surface area is 208 Å². The van der Waals surface area contributed by atoms with E-state index in [-0.39, 0.29) is 19.3 Å². The largest absolute Gasteiger partial charge is 0.496 e. The van der Waals surface area contributed by atoms with E-state index in [0.717, 1.165) is 28.8 Å². The van der Waals surface area contributed by atoms with Crippen molar-refractivity contribution in [2.45, 2.75) is 20.0 Å². The summed E-state index contributed by atoms with van der Waals surface area (Å²) in [5, 5.41) is 3.43. The number of rotatable bonds is 7. The zero-order valence-electron chi connectivity index (χ0n) is 19.4. The molecule has 35 heavy (non-hydrogen) atoms. The van der Waals surface area contributed by atoms with Crippen molar-refractivity contribution in [3.63, 3.8) is 0 Å². The number of benzene rings is 3. The minimum atomic E-state index is -0.190. The average molecular weight is 489 g/mol. The van der Waals surface area contributed by atoms with Gasteiger partial charge < -0.3 is 24.3 Å². The Balaban J connectivity index is 1.37. The number of hydrogen-bond donors (Lipinski definition) is 1. The lowest BCUT2D eigenvalue weighted by Crippen LogP contribution is -2.31. The van der Waals surface area contributed by atoms with Gasteiger partial charge in [0.2, 0.25) is 6.79 Å². The van der Waals surface area contributed by atoms with Crippen LogP contribution in [0.25, 0.3) is 6.08 Å². The van der Waals surface area contributed by atoms with E-state index in [9.17, 15) is 4.79 Å². The highest BCUT2D eigenvalue weighted by molar-refractivity contribution is 7.80. The highest BCUT2D eigenvalue weighted by Crippen LogP contribution is 2.35. The first-order valence-electron chi connectivity index (χ1n) is 11.2.